The molecule has 1 aromatic carbocycles. The normalized spacial score (nSPS) is 16.1. The average Bonchev–Trinajstić information content (AvgIpc) is 3.02. The van der Waals surface area contributed by atoms with Crippen LogP contribution in [0, 0.1) is 5.92 Å². The lowest BCUT2D eigenvalue weighted by atomic mass is 9.88. The van der Waals surface area contributed by atoms with Gasteiger partial charge in [-0.3, -0.25) is 4.79 Å². The maximum atomic E-state index is 12.6. The van der Waals surface area contributed by atoms with Crippen LogP contribution in [0.2, 0.25) is 0 Å². The molecule has 0 spiro atoms. The first kappa shape index (κ1) is 19.4. The molecule has 0 fully saturated rings. The predicted molar refractivity (Wildman–Crippen MR) is 110 cm³/mol. The minimum Gasteiger partial charge on any atom is -0.462 e. The molecular weight excluding hydrogens is 358 g/mol. The van der Waals surface area contributed by atoms with Gasteiger partial charge in [-0.1, -0.05) is 44.2 Å². The zero-order valence-electron chi connectivity index (χ0n) is 15.8. The highest BCUT2D eigenvalue weighted by molar-refractivity contribution is 7.17. The third kappa shape index (κ3) is 4.86. The molecule has 3 rings (SSSR count). The van der Waals surface area contributed by atoms with Crippen LogP contribution >= 0.6 is 11.3 Å². The van der Waals surface area contributed by atoms with Gasteiger partial charge in [-0.15, -0.1) is 11.3 Å². The van der Waals surface area contributed by atoms with E-state index < -0.39 is 0 Å². The van der Waals surface area contributed by atoms with Gasteiger partial charge in [0.1, 0.15) is 5.00 Å². The van der Waals surface area contributed by atoms with Gasteiger partial charge in [0.25, 0.3) is 0 Å². The number of carbonyl (C=O) groups excluding carboxylic acids is 2. The molecule has 142 valence electrons. The Morgan fingerprint density at radius 3 is 2.81 bits per heavy atom. The van der Waals surface area contributed by atoms with Crippen LogP contribution in [0.15, 0.2) is 36.4 Å². The quantitative estimate of drug-likeness (QED) is 0.558. The highest BCUT2D eigenvalue weighted by Gasteiger charge is 2.28. The molecule has 0 aliphatic heterocycles. The summed E-state index contributed by atoms with van der Waals surface area (Å²) in [7, 11) is 0. The first-order valence-electron chi connectivity index (χ1n) is 9.44. The Hall–Kier alpha value is -2.40. The average molecular weight is 384 g/mol. The molecule has 5 heteroatoms. The summed E-state index contributed by atoms with van der Waals surface area (Å²) in [5.74, 6) is 0.0264. The molecule has 1 atom stereocenters. The van der Waals surface area contributed by atoms with Crippen LogP contribution < -0.4 is 5.32 Å². The van der Waals surface area contributed by atoms with Crippen molar-refractivity contribution < 1.29 is 14.3 Å². The maximum absolute atomic E-state index is 12.6. The van der Waals surface area contributed by atoms with E-state index in [0.717, 1.165) is 36.8 Å². The monoisotopic (exact) mass is 383 g/mol. The van der Waals surface area contributed by atoms with Crippen LogP contribution in [0.1, 0.15) is 53.1 Å². The summed E-state index contributed by atoms with van der Waals surface area (Å²) in [4.78, 5) is 26.2. The number of benzene rings is 1. The SMILES string of the molecule is CCCOC(=O)c1c(NC(=O)/C=C/c2ccccc2)sc2c1CCC(C)C2. The highest BCUT2D eigenvalue weighted by Crippen LogP contribution is 2.40. The maximum Gasteiger partial charge on any atom is 0.341 e. The number of hydrogen-bond donors (Lipinski definition) is 1. The second-order valence-electron chi connectivity index (χ2n) is 6.93. The fraction of sp³-hybridized carbons (Fsp3) is 0.364. The smallest absolute Gasteiger partial charge is 0.341 e. The zero-order valence-corrected chi connectivity index (χ0v) is 16.6. The van der Waals surface area contributed by atoms with Crippen molar-refractivity contribution >= 4 is 34.3 Å². The number of amides is 1. The van der Waals surface area contributed by atoms with Crippen molar-refractivity contribution in [2.24, 2.45) is 5.92 Å². The van der Waals surface area contributed by atoms with Crippen molar-refractivity contribution in [2.75, 3.05) is 11.9 Å². The largest absolute Gasteiger partial charge is 0.462 e. The molecule has 0 saturated carbocycles. The van der Waals surface area contributed by atoms with E-state index in [0.29, 0.717) is 23.1 Å². The van der Waals surface area contributed by atoms with Crippen molar-refractivity contribution in [1.82, 2.24) is 0 Å². The second kappa shape index (κ2) is 9.00. The fourth-order valence-electron chi connectivity index (χ4n) is 3.21. The summed E-state index contributed by atoms with van der Waals surface area (Å²) < 4.78 is 5.38. The van der Waals surface area contributed by atoms with E-state index in [1.807, 2.05) is 37.3 Å². The first-order chi connectivity index (χ1) is 13.1. The number of anilines is 1. The van der Waals surface area contributed by atoms with Gasteiger partial charge in [-0.25, -0.2) is 4.79 Å². The van der Waals surface area contributed by atoms with Gasteiger partial charge < -0.3 is 10.1 Å². The number of carbonyl (C=O) groups is 2. The van der Waals surface area contributed by atoms with Crippen molar-refractivity contribution in [2.45, 2.75) is 39.5 Å². The summed E-state index contributed by atoms with van der Waals surface area (Å²) in [6.07, 6.45) is 6.90. The number of esters is 1. The van der Waals surface area contributed by atoms with Crippen molar-refractivity contribution in [1.29, 1.82) is 0 Å². The van der Waals surface area contributed by atoms with E-state index in [1.54, 1.807) is 6.08 Å². The van der Waals surface area contributed by atoms with Crippen molar-refractivity contribution in [3.05, 3.63) is 58.0 Å². The molecule has 0 saturated heterocycles. The lowest BCUT2D eigenvalue weighted by Gasteiger charge is -2.18. The van der Waals surface area contributed by atoms with E-state index in [9.17, 15) is 9.59 Å². The minimum atomic E-state index is -0.328. The van der Waals surface area contributed by atoms with Gasteiger partial charge in [0.15, 0.2) is 0 Å². The van der Waals surface area contributed by atoms with E-state index >= 15 is 0 Å². The standard InChI is InChI=1S/C22H25NO3S/c1-3-13-26-22(25)20-17-11-9-15(2)14-18(17)27-21(20)23-19(24)12-10-16-7-5-4-6-8-16/h4-8,10,12,15H,3,9,11,13-14H2,1-2H3,(H,23,24)/b12-10+. The van der Waals surface area contributed by atoms with Crippen LogP contribution in [0.4, 0.5) is 5.00 Å². The molecule has 1 aliphatic rings. The second-order valence-corrected chi connectivity index (χ2v) is 8.03. The van der Waals surface area contributed by atoms with E-state index in [1.165, 1.54) is 22.3 Å². The lowest BCUT2D eigenvalue weighted by molar-refractivity contribution is -0.111. The van der Waals surface area contributed by atoms with Crippen LogP contribution in [0.25, 0.3) is 6.08 Å². The van der Waals surface area contributed by atoms with E-state index in [4.69, 9.17) is 4.74 Å². The number of nitrogens with one attached hydrogen (secondary N) is 1. The Morgan fingerprint density at radius 2 is 2.07 bits per heavy atom. The minimum absolute atomic E-state index is 0.241. The Bertz CT molecular complexity index is 839. The summed E-state index contributed by atoms with van der Waals surface area (Å²) in [6, 6.07) is 9.65. The highest BCUT2D eigenvalue weighted by atomic mass is 32.1. The molecule has 1 N–H and O–H groups in total. The molecule has 2 aromatic rings. The van der Waals surface area contributed by atoms with Gasteiger partial charge in [-0.2, -0.15) is 0 Å². The topological polar surface area (TPSA) is 55.4 Å². The summed E-state index contributed by atoms with van der Waals surface area (Å²) >= 11 is 1.51. The number of ether oxygens (including phenoxy) is 1. The van der Waals surface area contributed by atoms with E-state index in [-0.39, 0.29) is 11.9 Å². The van der Waals surface area contributed by atoms with Crippen LogP contribution in [0.3, 0.4) is 0 Å². The number of thiophene rings is 1. The summed E-state index contributed by atoms with van der Waals surface area (Å²) in [6.45, 7) is 4.58. The van der Waals surface area contributed by atoms with Gasteiger partial charge in [0, 0.05) is 11.0 Å². The first-order valence-corrected chi connectivity index (χ1v) is 10.3. The fourth-order valence-corrected chi connectivity index (χ4v) is 4.61. The molecule has 1 unspecified atom stereocenters. The Morgan fingerprint density at radius 1 is 1.30 bits per heavy atom. The Balaban J connectivity index is 1.82. The number of rotatable bonds is 6. The van der Waals surface area contributed by atoms with E-state index in [2.05, 4.69) is 12.2 Å². The molecule has 0 bridgehead atoms. The van der Waals surface area contributed by atoms with Crippen LogP contribution in [-0.2, 0) is 22.4 Å². The third-order valence-electron chi connectivity index (χ3n) is 4.62. The molecule has 27 heavy (non-hydrogen) atoms. The molecule has 1 heterocycles. The van der Waals surface area contributed by atoms with Gasteiger partial charge in [0.05, 0.1) is 12.2 Å². The van der Waals surface area contributed by atoms with Gasteiger partial charge >= 0.3 is 5.97 Å². The number of fused-ring (bicyclic) bond motifs is 1. The van der Waals surface area contributed by atoms with Crippen molar-refractivity contribution in [3.8, 4) is 0 Å². The third-order valence-corrected chi connectivity index (χ3v) is 5.79. The summed E-state index contributed by atoms with van der Waals surface area (Å²) in [5.41, 5.74) is 2.56. The molecule has 1 aliphatic carbocycles. The van der Waals surface area contributed by atoms with Gasteiger partial charge in [0.2, 0.25) is 5.91 Å². The lowest BCUT2D eigenvalue weighted by Crippen LogP contribution is -2.16. The van der Waals surface area contributed by atoms with Crippen LogP contribution in [0.5, 0.6) is 0 Å². The molecule has 0 radical (unpaired) electrons. The summed E-state index contributed by atoms with van der Waals surface area (Å²) in [5, 5.41) is 3.51. The van der Waals surface area contributed by atoms with Crippen molar-refractivity contribution in [3.63, 3.8) is 0 Å². The molecule has 4 nitrogen and oxygen atoms in total. The van der Waals surface area contributed by atoms with Crippen LogP contribution in [-0.4, -0.2) is 18.5 Å². The Labute approximate surface area is 164 Å². The molecular formula is C22H25NO3S. The number of hydrogen-bond acceptors (Lipinski definition) is 4. The Kier molecular flexibility index (Phi) is 6.45. The zero-order chi connectivity index (χ0) is 19.2. The molecule has 1 amide bonds. The van der Waals surface area contributed by atoms with Gasteiger partial charge in [-0.05, 0) is 48.8 Å². The molecule has 1 aromatic heterocycles. The predicted octanol–water partition coefficient (Wildman–Crippen LogP) is 5.09.